The molecule has 1 fully saturated rings. The molecule has 3 rings (SSSR count). The van der Waals surface area contributed by atoms with Crippen molar-refractivity contribution in [2.75, 3.05) is 6.61 Å². The van der Waals surface area contributed by atoms with E-state index in [4.69, 9.17) is 9.47 Å². The Labute approximate surface area is 132 Å². The van der Waals surface area contributed by atoms with Crippen molar-refractivity contribution in [3.8, 4) is 16.9 Å². The molecular formula is C17H18LiO2. The molecule has 1 unspecified atom stereocenters. The van der Waals surface area contributed by atoms with Crippen molar-refractivity contribution in [3.63, 3.8) is 0 Å². The maximum absolute atomic E-state index is 5.96. The van der Waals surface area contributed by atoms with E-state index in [0.717, 1.165) is 42.7 Å². The molecular weight excluding hydrogens is 243 g/mol. The minimum atomic E-state index is -0.130. The molecule has 1 radical (unpaired) electrons. The van der Waals surface area contributed by atoms with Gasteiger partial charge >= 0.3 is 18.9 Å². The number of rotatable bonds is 3. The Morgan fingerprint density at radius 1 is 1.05 bits per heavy atom. The van der Waals surface area contributed by atoms with Crippen LogP contribution in [0.5, 0.6) is 5.75 Å². The molecule has 2 aromatic carbocycles. The van der Waals surface area contributed by atoms with Crippen molar-refractivity contribution in [1.29, 1.82) is 0 Å². The van der Waals surface area contributed by atoms with Gasteiger partial charge in [0, 0.05) is 18.1 Å². The molecule has 0 aliphatic carbocycles. The summed E-state index contributed by atoms with van der Waals surface area (Å²) in [6.45, 7) is 0.790. The van der Waals surface area contributed by atoms with Crippen molar-refractivity contribution >= 4 is 18.9 Å². The van der Waals surface area contributed by atoms with Crippen molar-refractivity contribution in [2.24, 2.45) is 0 Å². The van der Waals surface area contributed by atoms with Gasteiger partial charge in [-0.1, -0.05) is 48.5 Å². The van der Waals surface area contributed by atoms with Crippen molar-refractivity contribution in [1.82, 2.24) is 0 Å². The van der Waals surface area contributed by atoms with Crippen molar-refractivity contribution in [3.05, 3.63) is 54.6 Å². The molecule has 20 heavy (non-hydrogen) atoms. The number of para-hydroxylation sites is 1. The Morgan fingerprint density at radius 3 is 2.65 bits per heavy atom. The molecule has 0 aromatic heterocycles. The number of hydrogen-bond donors (Lipinski definition) is 0. The molecule has 0 N–H and O–H groups in total. The van der Waals surface area contributed by atoms with Crippen LogP contribution in [0.4, 0.5) is 0 Å². The molecule has 1 saturated heterocycles. The summed E-state index contributed by atoms with van der Waals surface area (Å²) in [5.74, 6) is 0.778. The third-order valence-corrected chi connectivity index (χ3v) is 3.29. The van der Waals surface area contributed by atoms with Crippen molar-refractivity contribution < 1.29 is 9.47 Å². The molecule has 2 nitrogen and oxygen atoms in total. The van der Waals surface area contributed by atoms with Gasteiger partial charge in [0.05, 0.1) is 6.61 Å². The quantitative estimate of drug-likeness (QED) is 0.788. The van der Waals surface area contributed by atoms with Gasteiger partial charge in [-0.05, 0) is 18.4 Å². The summed E-state index contributed by atoms with van der Waals surface area (Å²) in [5, 5.41) is 0. The molecule has 1 atom stereocenters. The normalized spacial score (nSPS) is 18.1. The van der Waals surface area contributed by atoms with E-state index in [-0.39, 0.29) is 25.2 Å². The van der Waals surface area contributed by atoms with Crippen LogP contribution < -0.4 is 4.74 Å². The van der Waals surface area contributed by atoms with Gasteiger partial charge in [-0.15, -0.1) is 0 Å². The third kappa shape index (κ3) is 3.67. The van der Waals surface area contributed by atoms with Crippen LogP contribution in [-0.2, 0) is 4.74 Å². The standard InChI is InChI=1S/C17H17O2.Li.H/c1-2-8-14(9-3-1)15-10-4-5-11-16(15)19-17-12-6-7-13-18-17;;/h1-5,8-10,17H,6-7,12-13H2;;. The summed E-state index contributed by atoms with van der Waals surface area (Å²) in [6, 6.07) is 19.3. The Bertz CT molecular complexity index is 522. The Hall–Kier alpha value is -1.20. The van der Waals surface area contributed by atoms with Crippen LogP contribution in [0.1, 0.15) is 19.3 Å². The average molecular weight is 261 g/mol. The third-order valence-electron chi connectivity index (χ3n) is 3.29. The van der Waals surface area contributed by atoms with Crippen LogP contribution >= 0.6 is 0 Å². The van der Waals surface area contributed by atoms with Crippen LogP contribution in [-0.4, -0.2) is 31.8 Å². The second kappa shape index (κ2) is 7.55. The van der Waals surface area contributed by atoms with E-state index in [9.17, 15) is 0 Å². The van der Waals surface area contributed by atoms with Crippen molar-refractivity contribution in [2.45, 2.75) is 25.6 Å². The summed E-state index contributed by atoms with van der Waals surface area (Å²) in [5.41, 5.74) is 2.21. The van der Waals surface area contributed by atoms with Crippen LogP contribution in [0.2, 0.25) is 0 Å². The van der Waals surface area contributed by atoms with E-state index in [1.54, 1.807) is 0 Å². The van der Waals surface area contributed by atoms with Gasteiger partial charge in [0.15, 0.2) is 6.29 Å². The molecule has 1 heterocycles. The Balaban J connectivity index is 0.00000147. The van der Waals surface area contributed by atoms with Crippen LogP contribution in [0.3, 0.4) is 0 Å². The van der Waals surface area contributed by atoms with E-state index in [1.807, 2.05) is 30.3 Å². The van der Waals surface area contributed by atoms with Crippen LogP contribution in [0.25, 0.3) is 11.1 Å². The molecule has 99 valence electrons. The zero-order valence-electron chi connectivity index (χ0n) is 10.8. The Morgan fingerprint density at radius 2 is 1.90 bits per heavy atom. The molecule has 0 saturated carbocycles. The predicted octanol–water partition coefficient (Wildman–Crippen LogP) is 3.41. The number of ether oxygens (including phenoxy) is 2. The predicted molar refractivity (Wildman–Crippen MR) is 82.1 cm³/mol. The van der Waals surface area contributed by atoms with E-state index >= 15 is 0 Å². The number of hydrogen-bond acceptors (Lipinski definition) is 2. The van der Waals surface area contributed by atoms with Gasteiger partial charge in [0.2, 0.25) is 0 Å². The maximum atomic E-state index is 5.96. The fourth-order valence-corrected chi connectivity index (χ4v) is 2.30. The zero-order chi connectivity index (χ0) is 12.9. The SMILES string of the molecule is [LiH].[c]1cccc(-c2ccccc2)c1OC1CCCCO1. The van der Waals surface area contributed by atoms with Crippen LogP contribution in [0.15, 0.2) is 48.5 Å². The fraction of sp³-hybridized carbons (Fsp3) is 0.294. The maximum Gasteiger partial charge on any atom is 0.199 e. The monoisotopic (exact) mass is 261 g/mol. The second-order valence-corrected chi connectivity index (χ2v) is 4.69. The average Bonchev–Trinajstić information content (AvgIpc) is 2.50. The molecule has 1 aliphatic heterocycles. The summed E-state index contributed by atoms with van der Waals surface area (Å²) in [6.07, 6.45) is 3.12. The molecule has 1 aliphatic rings. The summed E-state index contributed by atoms with van der Waals surface area (Å²) >= 11 is 0. The summed E-state index contributed by atoms with van der Waals surface area (Å²) in [4.78, 5) is 0. The smallest absolute Gasteiger partial charge is 0.199 e. The summed E-state index contributed by atoms with van der Waals surface area (Å²) < 4.78 is 11.6. The first-order valence-electron chi connectivity index (χ1n) is 6.78. The summed E-state index contributed by atoms with van der Waals surface area (Å²) in [7, 11) is 0. The van der Waals surface area contributed by atoms with Gasteiger partial charge in [0.1, 0.15) is 5.75 Å². The number of benzene rings is 2. The van der Waals surface area contributed by atoms with Crippen LogP contribution in [0, 0.1) is 6.07 Å². The molecule has 0 amide bonds. The van der Waals surface area contributed by atoms with E-state index in [2.05, 4.69) is 24.3 Å². The molecule has 2 aromatic rings. The largest absolute Gasteiger partial charge is 0.464 e. The van der Waals surface area contributed by atoms with Gasteiger partial charge in [-0.25, -0.2) is 0 Å². The molecule has 0 spiro atoms. The molecule has 0 bridgehead atoms. The minimum Gasteiger partial charge on any atom is -0.464 e. The van der Waals surface area contributed by atoms with Gasteiger partial charge < -0.3 is 9.47 Å². The van der Waals surface area contributed by atoms with Gasteiger partial charge in [-0.2, -0.15) is 0 Å². The zero-order valence-corrected chi connectivity index (χ0v) is 10.8. The first-order chi connectivity index (χ1) is 9.43. The topological polar surface area (TPSA) is 18.5 Å². The minimum absolute atomic E-state index is 0. The van der Waals surface area contributed by atoms with E-state index < -0.39 is 0 Å². The van der Waals surface area contributed by atoms with Gasteiger partial charge in [0.25, 0.3) is 0 Å². The van der Waals surface area contributed by atoms with E-state index in [1.165, 1.54) is 0 Å². The fourth-order valence-electron chi connectivity index (χ4n) is 2.30. The first-order valence-corrected chi connectivity index (χ1v) is 6.78. The Kier molecular flexibility index (Phi) is 5.73. The first kappa shape index (κ1) is 15.2. The van der Waals surface area contributed by atoms with E-state index in [0.29, 0.717) is 0 Å². The second-order valence-electron chi connectivity index (χ2n) is 4.69. The van der Waals surface area contributed by atoms with Gasteiger partial charge in [-0.3, -0.25) is 0 Å². The molecule has 3 heteroatoms.